The molecule has 0 radical (unpaired) electrons. The molecule has 0 aliphatic rings. The highest BCUT2D eigenvalue weighted by Gasteiger charge is 2.08. The van der Waals surface area contributed by atoms with Crippen LogP contribution in [0.1, 0.15) is 36.1 Å². The number of ether oxygens (including phenoxy) is 2. The minimum Gasteiger partial charge on any atom is -0.475 e. The van der Waals surface area contributed by atoms with Crippen molar-refractivity contribution in [3.63, 3.8) is 0 Å². The highest BCUT2D eigenvalue weighted by atomic mass is 16.5. The van der Waals surface area contributed by atoms with Gasteiger partial charge in [-0.1, -0.05) is 13.3 Å². The zero-order valence-electron chi connectivity index (χ0n) is 9.98. The average Bonchev–Trinajstić information content (AvgIpc) is 2.77. The first kappa shape index (κ1) is 13.7. The van der Waals surface area contributed by atoms with Crippen molar-refractivity contribution in [3.8, 4) is 0 Å². The van der Waals surface area contributed by atoms with E-state index >= 15 is 0 Å². The number of hydrogen-bond donors (Lipinski definition) is 1. The number of carboxylic acids is 1. The largest absolute Gasteiger partial charge is 0.475 e. The molecule has 5 nitrogen and oxygen atoms in total. The number of unbranched alkanes of at least 4 members (excludes halogenated alkanes) is 1. The summed E-state index contributed by atoms with van der Waals surface area (Å²) in [5.41, 5.74) is 0. The van der Waals surface area contributed by atoms with E-state index in [1.54, 1.807) is 6.07 Å². The van der Waals surface area contributed by atoms with Crippen LogP contribution in [-0.4, -0.2) is 30.9 Å². The third kappa shape index (κ3) is 5.51. The molecule has 1 N–H and O–H groups in total. The van der Waals surface area contributed by atoms with Crippen molar-refractivity contribution in [2.24, 2.45) is 0 Å². The van der Waals surface area contributed by atoms with Gasteiger partial charge in [-0.3, -0.25) is 0 Å². The first-order valence-corrected chi connectivity index (χ1v) is 5.71. The van der Waals surface area contributed by atoms with Crippen molar-refractivity contribution in [3.05, 3.63) is 23.7 Å². The van der Waals surface area contributed by atoms with Crippen LogP contribution in [0.4, 0.5) is 0 Å². The Labute approximate surface area is 100 Å². The van der Waals surface area contributed by atoms with E-state index in [0.717, 1.165) is 19.4 Å². The Morgan fingerprint density at radius 3 is 2.71 bits per heavy atom. The summed E-state index contributed by atoms with van der Waals surface area (Å²) in [4.78, 5) is 10.5. The summed E-state index contributed by atoms with van der Waals surface area (Å²) < 4.78 is 15.6. The fourth-order valence-electron chi connectivity index (χ4n) is 1.21. The molecule has 0 aliphatic heterocycles. The molecule has 1 rings (SSSR count). The monoisotopic (exact) mass is 242 g/mol. The predicted molar refractivity (Wildman–Crippen MR) is 61.1 cm³/mol. The van der Waals surface area contributed by atoms with Crippen LogP contribution in [0.3, 0.4) is 0 Å². The fourth-order valence-corrected chi connectivity index (χ4v) is 1.21. The molecular formula is C12H18O5. The molecule has 0 aromatic carbocycles. The lowest BCUT2D eigenvalue weighted by atomic mass is 10.4. The number of hydrogen-bond acceptors (Lipinski definition) is 4. The molecule has 0 spiro atoms. The van der Waals surface area contributed by atoms with Gasteiger partial charge in [0.25, 0.3) is 0 Å². The van der Waals surface area contributed by atoms with E-state index in [9.17, 15) is 4.79 Å². The molecule has 0 saturated carbocycles. The van der Waals surface area contributed by atoms with Gasteiger partial charge in [0.05, 0.1) is 13.2 Å². The molecule has 96 valence electrons. The van der Waals surface area contributed by atoms with Crippen LogP contribution in [0.25, 0.3) is 0 Å². The van der Waals surface area contributed by atoms with Crippen LogP contribution < -0.4 is 0 Å². The van der Waals surface area contributed by atoms with Gasteiger partial charge in [0.1, 0.15) is 12.4 Å². The summed E-state index contributed by atoms with van der Waals surface area (Å²) in [7, 11) is 0. The lowest BCUT2D eigenvalue weighted by Crippen LogP contribution is -2.05. The summed E-state index contributed by atoms with van der Waals surface area (Å²) in [6, 6.07) is 3.01. The third-order valence-electron chi connectivity index (χ3n) is 2.13. The molecule has 1 heterocycles. The maximum atomic E-state index is 10.5. The van der Waals surface area contributed by atoms with Crippen molar-refractivity contribution in [2.75, 3.05) is 19.8 Å². The van der Waals surface area contributed by atoms with Crippen molar-refractivity contribution in [1.82, 2.24) is 0 Å². The smallest absolute Gasteiger partial charge is 0.371 e. The number of aromatic carboxylic acids is 1. The first-order chi connectivity index (χ1) is 8.24. The van der Waals surface area contributed by atoms with Crippen LogP contribution in [0.15, 0.2) is 16.5 Å². The molecule has 0 fully saturated rings. The van der Waals surface area contributed by atoms with Gasteiger partial charge < -0.3 is 19.0 Å². The van der Waals surface area contributed by atoms with E-state index in [1.165, 1.54) is 6.07 Å². The van der Waals surface area contributed by atoms with E-state index in [2.05, 4.69) is 6.92 Å². The summed E-state index contributed by atoms with van der Waals surface area (Å²) in [5.74, 6) is -0.627. The summed E-state index contributed by atoms with van der Waals surface area (Å²) in [6.07, 6.45) is 2.17. The molecule has 1 aromatic heterocycles. The van der Waals surface area contributed by atoms with Crippen LogP contribution in [0, 0.1) is 0 Å². The van der Waals surface area contributed by atoms with Gasteiger partial charge in [0, 0.05) is 6.61 Å². The summed E-state index contributed by atoms with van der Waals surface area (Å²) >= 11 is 0. The van der Waals surface area contributed by atoms with Crippen molar-refractivity contribution >= 4 is 5.97 Å². The highest BCUT2D eigenvalue weighted by Crippen LogP contribution is 2.08. The first-order valence-electron chi connectivity index (χ1n) is 5.71. The molecular weight excluding hydrogens is 224 g/mol. The zero-order chi connectivity index (χ0) is 12.5. The molecule has 0 atom stereocenters. The van der Waals surface area contributed by atoms with Crippen LogP contribution in [0.5, 0.6) is 0 Å². The van der Waals surface area contributed by atoms with Gasteiger partial charge >= 0.3 is 5.97 Å². The molecule has 0 aliphatic carbocycles. The lowest BCUT2D eigenvalue weighted by molar-refractivity contribution is 0.0331. The third-order valence-corrected chi connectivity index (χ3v) is 2.13. The molecule has 0 saturated heterocycles. The molecule has 5 heteroatoms. The second-order valence-electron chi connectivity index (χ2n) is 3.59. The van der Waals surface area contributed by atoms with Crippen molar-refractivity contribution in [1.29, 1.82) is 0 Å². The van der Waals surface area contributed by atoms with E-state index in [4.69, 9.17) is 19.0 Å². The number of furan rings is 1. The van der Waals surface area contributed by atoms with Gasteiger partial charge in [-0.25, -0.2) is 4.79 Å². The Balaban J connectivity index is 2.07. The second-order valence-corrected chi connectivity index (χ2v) is 3.59. The summed E-state index contributed by atoms with van der Waals surface area (Å²) in [6.45, 7) is 4.16. The topological polar surface area (TPSA) is 68.9 Å². The molecule has 0 unspecified atom stereocenters. The van der Waals surface area contributed by atoms with Crippen LogP contribution >= 0.6 is 0 Å². The normalized spacial score (nSPS) is 10.6. The zero-order valence-corrected chi connectivity index (χ0v) is 9.98. The number of carbonyl (C=O) groups is 1. The lowest BCUT2D eigenvalue weighted by Gasteiger charge is -2.03. The number of rotatable bonds is 9. The van der Waals surface area contributed by atoms with Gasteiger partial charge in [0.15, 0.2) is 0 Å². The van der Waals surface area contributed by atoms with Crippen molar-refractivity contribution < 1.29 is 23.8 Å². The SMILES string of the molecule is CCCCOCCOCc1ccc(C(=O)O)o1. The highest BCUT2D eigenvalue weighted by molar-refractivity contribution is 5.84. The minimum absolute atomic E-state index is 0.0669. The quantitative estimate of drug-likeness (QED) is 0.673. The molecule has 0 amide bonds. The Kier molecular flexibility index (Phi) is 6.35. The van der Waals surface area contributed by atoms with Crippen LogP contribution in [-0.2, 0) is 16.1 Å². The summed E-state index contributed by atoms with van der Waals surface area (Å²) in [5, 5.41) is 8.64. The van der Waals surface area contributed by atoms with Gasteiger partial charge in [0.2, 0.25) is 5.76 Å². The maximum absolute atomic E-state index is 10.5. The fraction of sp³-hybridized carbons (Fsp3) is 0.583. The van der Waals surface area contributed by atoms with E-state index in [0.29, 0.717) is 19.0 Å². The standard InChI is InChI=1S/C12H18O5/c1-2-3-6-15-7-8-16-9-10-4-5-11(17-10)12(13)14/h4-5H,2-3,6-9H2,1H3,(H,13,14). The number of carboxylic acid groups (broad SMARTS) is 1. The Morgan fingerprint density at radius 1 is 1.29 bits per heavy atom. The van der Waals surface area contributed by atoms with Crippen LogP contribution in [0.2, 0.25) is 0 Å². The van der Waals surface area contributed by atoms with E-state index in [-0.39, 0.29) is 12.4 Å². The maximum Gasteiger partial charge on any atom is 0.371 e. The molecule has 0 bridgehead atoms. The van der Waals surface area contributed by atoms with Crippen molar-refractivity contribution in [2.45, 2.75) is 26.4 Å². The Bertz CT molecular complexity index is 331. The predicted octanol–water partition coefficient (Wildman–Crippen LogP) is 2.31. The average molecular weight is 242 g/mol. The minimum atomic E-state index is -1.07. The van der Waals surface area contributed by atoms with E-state index < -0.39 is 5.97 Å². The Morgan fingerprint density at radius 2 is 2.06 bits per heavy atom. The van der Waals surface area contributed by atoms with E-state index in [1.807, 2.05) is 0 Å². The van der Waals surface area contributed by atoms with Gasteiger partial charge in [-0.15, -0.1) is 0 Å². The molecule has 1 aromatic rings. The second kappa shape index (κ2) is 7.86. The Hall–Kier alpha value is -1.33. The van der Waals surface area contributed by atoms with Gasteiger partial charge in [-0.05, 0) is 18.6 Å². The van der Waals surface area contributed by atoms with Gasteiger partial charge in [-0.2, -0.15) is 0 Å². The molecule has 17 heavy (non-hydrogen) atoms.